The minimum absolute atomic E-state index is 0.0106. The van der Waals surface area contributed by atoms with Gasteiger partial charge in [0.05, 0.1) is 24.8 Å². The second kappa shape index (κ2) is 13.5. The van der Waals surface area contributed by atoms with E-state index in [0.29, 0.717) is 30.2 Å². The van der Waals surface area contributed by atoms with Gasteiger partial charge in [-0.05, 0) is 32.4 Å². The number of nitrogens with one attached hydrogen (secondary N) is 2. The first-order valence-electron chi connectivity index (χ1n) is 13.2. The number of aromatic nitrogens is 4. The lowest BCUT2D eigenvalue weighted by molar-refractivity contribution is -0.141. The zero-order valence-electron chi connectivity index (χ0n) is 22.9. The van der Waals surface area contributed by atoms with Gasteiger partial charge in [0.25, 0.3) is 5.56 Å². The summed E-state index contributed by atoms with van der Waals surface area (Å²) in [7, 11) is 1.92. The minimum Gasteiger partial charge on any atom is -0.481 e. The van der Waals surface area contributed by atoms with Gasteiger partial charge >= 0.3 is 5.97 Å². The maximum Gasteiger partial charge on any atom is 0.305 e. The number of amides is 1. The van der Waals surface area contributed by atoms with Crippen LogP contribution < -0.4 is 16.2 Å². The van der Waals surface area contributed by atoms with Crippen LogP contribution in [0.1, 0.15) is 36.2 Å². The molecule has 218 valence electrons. The Morgan fingerprint density at radius 3 is 2.56 bits per heavy atom. The van der Waals surface area contributed by atoms with Crippen molar-refractivity contribution in [3.63, 3.8) is 0 Å². The second-order valence-electron chi connectivity index (χ2n) is 10.0. The molecular weight excluding hydrogens is 550 g/mol. The van der Waals surface area contributed by atoms with Crippen LogP contribution in [0.3, 0.4) is 0 Å². The predicted molar refractivity (Wildman–Crippen MR) is 151 cm³/mol. The molecule has 1 aliphatic rings. The van der Waals surface area contributed by atoms with E-state index in [9.17, 15) is 24.3 Å². The molecule has 2 aromatic heterocycles. The first-order valence-corrected chi connectivity index (χ1v) is 14.3. The van der Waals surface area contributed by atoms with Crippen molar-refractivity contribution in [3.8, 4) is 0 Å². The quantitative estimate of drug-likeness (QED) is 0.265. The number of carbonyl (C=O) groups is 3. The molecule has 1 atom stereocenters. The van der Waals surface area contributed by atoms with Crippen molar-refractivity contribution in [2.45, 2.75) is 50.1 Å². The van der Waals surface area contributed by atoms with Crippen LogP contribution in [0, 0.1) is 6.92 Å². The van der Waals surface area contributed by atoms with Gasteiger partial charge < -0.3 is 20.6 Å². The van der Waals surface area contributed by atoms with Crippen LogP contribution >= 0.6 is 11.8 Å². The lowest BCUT2D eigenvalue weighted by Gasteiger charge is -2.41. The smallest absolute Gasteiger partial charge is 0.305 e. The molecule has 0 spiro atoms. The molecule has 41 heavy (non-hydrogen) atoms. The number of benzene rings is 1. The van der Waals surface area contributed by atoms with E-state index in [1.54, 1.807) is 6.92 Å². The largest absolute Gasteiger partial charge is 0.481 e. The van der Waals surface area contributed by atoms with Gasteiger partial charge in [-0.15, -0.1) is 11.8 Å². The second-order valence-corrected chi connectivity index (χ2v) is 11.0. The van der Waals surface area contributed by atoms with Crippen molar-refractivity contribution >= 4 is 35.2 Å². The number of rotatable bonds is 13. The fourth-order valence-corrected chi connectivity index (χ4v) is 5.60. The molecule has 4 rings (SSSR count). The van der Waals surface area contributed by atoms with Crippen LogP contribution in [0.25, 0.3) is 0 Å². The van der Waals surface area contributed by atoms with E-state index >= 15 is 0 Å². The van der Waals surface area contributed by atoms with E-state index in [-0.39, 0.29) is 31.0 Å². The van der Waals surface area contributed by atoms with E-state index in [4.69, 9.17) is 4.63 Å². The third kappa shape index (κ3) is 7.38. The summed E-state index contributed by atoms with van der Waals surface area (Å²) < 4.78 is 6.04. The summed E-state index contributed by atoms with van der Waals surface area (Å²) in [4.78, 5) is 58.5. The third-order valence-electron chi connectivity index (χ3n) is 7.14. The van der Waals surface area contributed by atoms with Gasteiger partial charge in [0.2, 0.25) is 5.91 Å². The van der Waals surface area contributed by atoms with Crippen molar-refractivity contribution in [2.24, 2.45) is 0 Å². The molecule has 3 heterocycles. The van der Waals surface area contributed by atoms with Gasteiger partial charge in [0, 0.05) is 31.2 Å². The number of carboxylic acids is 1. The predicted octanol–water partition coefficient (Wildman–Crippen LogP) is 1.43. The highest BCUT2D eigenvalue weighted by atomic mass is 32.2. The molecular formula is C27H33N7O6S. The highest BCUT2D eigenvalue weighted by Crippen LogP contribution is 2.30. The number of anilines is 1. The number of aliphatic carboxylic acids is 1. The average Bonchev–Trinajstić information content (AvgIpc) is 3.37. The molecule has 1 amide bonds. The van der Waals surface area contributed by atoms with E-state index in [1.165, 1.54) is 28.7 Å². The molecule has 1 aliphatic heterocycles. The van der Waals surface area contributed by atoms with Crippen molar-refractivity contribution in [1.29, 1.82) is 0 Å². The number of carboxylic acid groups (broad SMARTS) is 1. The van der Waals surface area contributed by atoms with Gasteiger partial charge in [-0.1, -0.05) is 40.6 Å². The molecule has 13 nitrogen and oxygen atoms in total. The number of thioether (sulfide) groups is 1. The summed E-state index contributed by atoms with van der Waals surface area (Å²) in [5, 5.41) is 22.7. The van der Waals surface area contributed by atoms with Gasteiger partial charge in [-0.25, -0.2) is 9.61 Å². The summed E-state index contributed by atoms with van der Waals surface area (Å²) in [6.07, 6.45) is 2.87. The number of hydrogen-bond donors (Lipinski definition) is 3. The van der Waals surface area contributed by atoms with Gasteiger partial charge in [-0.3, -0.25) is 23.7 Å². The summed E-state index contributed by atoms with van der Waals surface area (Å²) in [5.74, 6) is -1.57. The Balaban J connectivity index is 1.55. The minimum atomic E-state index is -1.34. The maximum atomic E-state index is 14.0. The number of hydrogen-bond acceptors (Lipinski definition) is 11. The SMILES string of the molecule is Cc1nonc1CNc1nccn(C2(C(=O)N[C@@H](CC(=O)O)C(=O)CSCc3ccccc3)CCN(C)CC2)c1=O. The first-order chi connectivity index (χ1) is 19.7. The normalized spacial score (nSPS) is 15.7. The van der Waals surface area contributed by atoms with E-state index < -0.39 is 41.2 Å². The van der Waals surface area contributed by atoms with Crippen molar-refractivity contribution < 1.29 is 24.1 Å². The van der Waals surface area contributed by atoms with Crippen LogP contribution in [0.5, 0.6) is 0 Å². The number of aryl methyl sites for hydroxylation is 1. The lowest BCUT2D eigenvalue weighted by atomic mass is 9.85. The number of piperidine rings is 1. The number of carbonyl (C=O) groups excluding carboxylic acids is 2. The molecule has 0 aliphatic carbocycles. The van der Waals surface area contributed by atoms with Crippen LogP contribution in [-0.2, 0) is 32.2 Å². The molecule has 1 fully saturated rings. The standard InChI is InChI=1S/C27H33N7O6S/c1-18-21(32-40-31-18)15-29-24-25(38)34(13-10-28-24)27(8-11-33(2)12-9-27)26(39)30-20(14-23(36)37)22(35)17-41-16-19-6-4-3-5-7-19/h3-7,10,13,20H,8-9,11-12,14-17H2,1-2H3,(H,28,29)(H,30,39)(H,36,37)/t20-/m0/s1. The fraction of sp³-hybridized carbons (Fsp3) is 0.444. The molecule has 3 N–H and O–H groups in total. The molecule has 0 saturated carbocycles. The van der Waals surface area contributed by atoms with Gasteiger partial charge in [0.1, 0.15) is 16.9 Å². The Kier molecular flexibility index (Phi) is 9.89. The first kappa shape index (κ1) is 29.9. The molecule has 14 heteroatoms. The van der Waals surface area contributed by atoms with E-state index in [0.717, 1.165) is 5.56 Å². The van der Waals surface area contributed by atoms with Crippen molar-refractivity contribution in [2.75, 3.05) is 31.2 Å². The fourth-order valence-electron chi connectivity index (χ4n) is 4.67. The number of nitrogens with zero attached hydrogens (tertiary/aromatic N) is 5. The van der Waals surface area contributed by atoms with Crippen LogP contribution in [0.2, 0.25) is 0 Å². The van der Waals surface area contributed by atoms with Crippen molar-refractivity contribution in [1.82, 2.24) is 30.1 Å². The van der Waals surface area contributed by atoms with Crippen LogP contribution in [-0.4, -0.2) is 79.5 Å². The molecule has 1 aromatic carbocycles. The Bertz CT molecular complexity index is 1420. The Morgan fingerprint density at radius 2 is 1.90 bits per heavy atom. The van der Waals surface area contributed by atoms with E-state index in [1.807, 2.05) is 42.3 Å². The monoisotopic (exact) mass is 583 g/mol. The Hall–Kier alpha value is -4.04. The van der Waals surface area contributed by atoms with E-state index in [2.05, 4.69) is 25.9 Å². The Labute approximate surface area is 240 Å². The van der Waals surface area contributed by atoms with Crippen molar-refractivity contribution in [3.05, 3.63) is 70.0 Å². The van der Waals surface area contributed by atoms with Crippen LogP contribution in [0.15, 0.2) is 52.1 Å². The van der Waals surface area contributed by atoms with Gasteiger partial charge in [-0.2, -0.15) is 0 Å². The average molecular weight is 584 g/mol. The Morgan fingerprint density at radius 1 is 1.17 bits per heavy atom. The lowest BCUT2D eigenvalue weighted by Crippen LogP contribution is -2.60. The topological polar surface area (TPSA) is 173 Å². The molecule has 3 aromatic rings. The summed E-state index contributed by atoms with van der Waals surface area (Å²) in [5.41, 5.74) is 0.235. The zero-order chi connectivity index (χ0) is 29.4. The van der Waals surface area contributed by atoms with Gasteiger partial charge in [0.15, 0.2) is 11.6 Å². The highest BCUT2D eigenvalue weighted by Gasteiger charge is 2.45. The number of ketones is 1. The highest BCUT2D eigenvalue weighted by molar-refractivity contribution is 7.99. The third-order valence-corrected chi connectivity index (χ3v) is 8.16. The van der Waals surface area contributed by atoms with Crippen LogP contribution in [0.4, 0.5) is 5.82 Å². The molecule has 0 unspecified atom stereocenters. The summed E-state index contributed by atoms with van der Waals surface area (Å²) in [6.45, 7) is 2.88. The number of Topliss-reactive ketones (excluding diaryl/α,β-unsaturated/α-hetero) is 1. The summed E-state index contributed by atoms with van der Waals surface area (Å²) in [6, 6.07) is 8.35. The molecule has 1 saturated heterocycles. The molecule has 0 radical (unpaired) electrons. The number of likely N-dealkylation sites (tertiary alicyclic amines) is 1. The zero-order valence-corrected chi connectivity index (χ0v) is 23.7. The molecule has 0 bridgehead atoms. The maximum absolute atomic E-state index is 14.0. The summed E-state index contributed by atoms with van der Waals surface area (Å²) >= 11 is 1.35.